The van der Waals surface area contributed by atoms with Crippen molar-refractivity contribution in [2.75, 3.05) is 36.0 Å². The maximum atomic E-state index is 16.1. The van der Waals surface area contributed by atoms with Gasteiger partial charge in [0.15, 0.2) is 17.3 Å². The zero-order chi connectivity index (χ0) is 53.9. The molecular formula is C48H41BrF11N13O3. The second-order valence-electron chi connectivity index (χ2n) is 16.8. The summed E-state index contributed by atoms with van der Waals surface area (Å²) in [6.07, 6.45) is -1.88. The molecule has 0 amide bonds. The minimum atomic E-state index is -4.80. The summed E-state index contributed by atoms with van der Waals surface area (Å²) >= 11 is 3.07. The van der Waals surface area contributed by atoms with E-state index in [-0.39, 0.29) is 7.43 Å². The fraction of sp³-hybridized carbons (Fsp3) is 0.271. The number of rotatable bonds is 14. The monoisotopic (exact) mass is 1140 g/mol. The molecule has 16 nitrogen and oxygen atoms in total. The summed E-state index contributed by atoms with van der Waals surface area (Å²) in [5.41, 5.74) is -7.57. The van der Waals surface area contributed by atoms with Crippen LogP contribution in [-0.2, 0) is 36.1 Å². The van der Waals surface area contributed by atoms with Gasteiger partial charge in [-0.2, -0.15) is 30.7 Å². The molecule has 0 radical (unpaired) electrons. The fourth-order valence-electron chi connectivity index (χ4n) is 8.07. The zero-order valence-corrected chi connectivity index (χ0v) is 39.7. The molecule has 0 bridgehead atoms. The van der Waals surface area contributed by atoms with E-state index < -0.39 is 99.9 Å². The van der Waals surface area contributed by atoms with Crippen molar-refractivity contribution in [1.29, 1.82) is 0 Å². The molecule has 1 aliphatic heterocycles. The van der Waals surface area contributed by atoms with E-state index in [4.69, 9.17) is 0 Å². The number of hydrogen-bond donors (Lipinski definition) is 3. The van der Waals surface area contributed by atoms with Crippen molar-refractivity contribution in [2.45, 2.75) is 55.8 Å². The lowest BCUT2D eigenvalue weighted by molar-refractivity contribution is -0.208. The molecule has 0 saturated carbocycles. The van der Waals surface area contributed by atoms with E-state index in [1.54, 1.807) is 12.1 Å². The number of aromatic nitrogens is 11. The Morgan fingerprint density at radius 1 is 0.539 bits per heavy atom. The lowest BCUT2D eigenvalue weighted by Crippen LogP contribution is -2.48. The third-order valence-electron chi connectivity index (χ3n) is 12.1. The molecule has 3 N–H and O–H groups in total. The van der Waals surface area contributed by atoms with Crippen LogP contribution in [0.15, 0.2) is 133 Å². The highest BCUT2D eigenvalue weighted by atomic mass is 79.9. The maximum absolute atomic E-state index is 16.1. The van der Waals surface area contributed by atoms with Crippen LogP contribution in [0.1, 0.15) is 41.7 Å². The van der Waals surface area contributed by atoms with E-state index in [2.05, 4.69) is 66.8 Å². The molecule has 400 valence electrons. The number of anilines is 2. The highest BCUT2D eigenvalue weighted by molar-refractivity contribution is 9.10. The van der Waals surface area contributed by atoms with Crippen LogP contribution in [-0.4, -0.2) is 103 Å². The summed E-state index contributed by atoms with van der Waals surface area (Å²) in [6.45, 7) is 0.453. The van der Waals surface area contributed by atoms with Crippen molar-refractivity contribution in [3.05, 3.63) is 184 Å². The van der Waals surface area contributed by atoms with Crippen LogP contribution in [0, 0.1) is 23.3 Å². The first-order valence-electron chi connectivity index (χ1n) is 21.9. The van der Waals surface area contributed by atoms with Gasteiger partial charge in [0.2, 0.25) is 0 Å². The summed E-state index contributed by atoms with van der Waals surface area (Å²) in [4.78, 5) is 15.4. The summed E-state index contributed by atoms with van der Waals surface area (Å²) in [6, 6.07) is 18.4. The molecular weight excluding hydrogens is 1100 g/mol. The van der Waals surface area contributed by atoms with Crippen LogP contribution in [0.2, 0.25) is 0 Å². The van der Waals surface area contributed by atoms with Gasteiger partial charge in [-0.1, -0.05) is 25.6 Å². The number of piperazine rings is 1. The summed E-state index contributed by atoms with van der Waals surface area (Å²) < 4.78 is 159. The molecule has 3 aromatic carbocycles. The largest absolute Gasteiger partial charge is 0.420 e. The van der Waals surface area contributed by atoms with Crippen molar-refractivity contribution < 1.29 is 63.6 Å². The van der Waals surface area contributed by atoms with Crippen molar-refractivity contribution in [1.82, 2.24) is 55.4 Å². The number of aliphatic hydroxyl groups is 3. The Kier molecular flexibility index (Phi) is 16.5. The Bertz CT molecular complexity index is 3180. The van der Waals surface area contributed by atoms with Gasteiger partial charge in [-0.25, -0.2) is 26.9 Å². The van der Waals surface area contributed by atoms with Gasteiger partial charge in [0, 0.05) is 77.6 Å². The second kappa shape index (κ2) is 22.3. The lowest BCUT2D eigenvalue weighted by Gasteiger charge is -2.37. The van der Waals surface area contributed by atoms with Gasteiger partial charge < -0.3 is 25.1 Å². The van der Waals surface area contributed by atoms with Crippen LogP contribution < -0.4 is 9.80 Å². The zero-order valence-electron chi connectivity index (χ0n) is 38.1. The Hall–Kier alpha value is -7.56. The van der Waals surface area contributed by atoms with Crippen LogP contribution in [0.4, 0.5) is 59.7 Å². The Morgan fingerprint density at radius 2 is 1.00 bits per heavy atom. The van der Waals surface area contributed by atoms with Gasteiger partial charge in [0.1, 0.15) is 47.3 Å². The summed E-state index contributed by atoms with van der Waals surface area (Å²) in [5.74, 6) is -13.0. The highest BCUT2D eigenvalue weighted by Gasteiger charge is 2.59. The van der Waals surface area contributed by atoms with Crippen LogP contribution in [0.3, 0.4) is 0 Å². The SMILES string of the molecule is C.OC(c1ccc(N2CCN(c3ccc(-c4ccc(C(F)(F)[C@](O)(Cn5cnnn5)c5ccc(F)cc5F)nc4)cc3)CC2)cn1)C(F)(F)F.O[C@@](Cn1cnnn1)(c1ccc(F)cc1F)C(F)(F)c1ccc(Br)cn1. The number of alkyl halides is 7. The van der Waals surface area contributed by atoms with E-state index >= 15 is 17.6 Å². The predicted octanol–water partition coefficient (Wildman–Crippen LogP) is 8.44. The molecule has 9 rings (SSSR count). The van der Waals surface area contributed by atoms with Crippen molar-refractivity contribution in [3.63, 3.8) is 0 Å². The maximum Gasteiger partial charge on any atom is 0.420 e. The average Bonchev–Trinajstić information content (AvgIpc) is 4.12. The van der Waals surface area contributed by atoms with Crippen molar-refractivity contribution in [3.8, 4) is 11.1 Å². The van der Waals surface area contributed by atoms with Gasteiger partial charge >= 0.3 is 18.0 Å². The van der Waals surface area contributed by atoms with Gasteiger partial charge in [0.25, 0.3) is 0 Å². The number of hydrogen-bond acceptors (Lipinski definition) is 14. The first-order chi connectivity index (χ1) is 35.5. The summed E-state index contributed by atoms with van der Waals surface area (Å²) in [7, 11) is 0. The van der Waals surface area contributed by atoms with Gasteiger partial charge in [0.05, 0.1) is 30.7 Å². The Labute approximate surface area is 432 Å². The average molecular weight is 1140 g/mol. The molecule has 76 heavy (non-hydrogen) atoms. The van der Waals surface area contributed by atoms with E-state index in [0.717, 1.165) is 76.4 Å². The van der Waals surface area contributed by atoms with Crippen molar-refractivity contribution in [2.24, 2.45) is 0 Å². The van der Waals surface area contributed by atoms with E-state index in [0.29, 0.717) is 59.6 Å². The minimum absolute atomic E-state index is 0. The predicted molar refractivity (Wildman–Crippen MR) is 252 cm³/mol. The third-order valence-corrected chi connectivity index (χ3v) is 12.5. The van der Waals surface area contributed by atoms with E-state index in [1.165, 1.54) is 30.6 Å². The molecule has 5 aromatic heterocycles. The van der Waals surface area contributed by atoms with E-state index in [9.17, 15) is 46.1 Å². The highest BCUT2D eigenvalue weighted by Crippen LogP contribution is 2.48. The first kappa shape index (κ1) is 56.2. The molecule has 0 spiro atoms. The normalized spacial score (nSPS) is 15.2. The second-order valence-corrected chi connectivity index (χ2v) is 17.7. The molecule has 3 atom stereocenters. The summed E-state index contributed by atoms with van der Waals surface area (Å²) in [5, 5.41) is 51.9. The Balaban J connectivity index is 0.000000262. The molecule has 1 unspecified atom stereocenters. The van der Waals surface area contributed by atoms with E-state index in [1.807, 2.05) is 17.0 Å². The number of pyridine rings is 3. The molecule has 0 aliphatic carbocycles. The quantitative estimate of drug-likeness (QED) is 0.0879. The first-order valence-corrected chi connectivity index (χ1v) is 22.7. The Morgan fingerprint density at radius 3 is 1.39 bits per heavy atom. The standard InChI is InChI=1S/C32H27F7N8O2.C15H10BrF4N5O.CH4/c33-22-4-8-25(26(34)15-22)30(49,18-47-19-42-43-44-47)31(35,36)28-10-3-21(16-41-28)20-1-5-23(6-2-20)45-11-13-46(14-12-45)24-7-9-27(40-17-24)29(48)32(37,38)39;16-9-1-4-13(21-6-9)15(19,20)14(26,7-25-8-22-23-24-25)11-3-2-10(17)5-12(11)18;/h1-10,15-17,19,29,48-49H,11-14,18H2;1-6,8,26H,7H2;1H4/t29?,30-;14-;/m00./s1. The van der Waals surface area contributed by atoms with Crippen LogP contribution >= 0.6 is 15.9 Å². The number of nitrogens with zero attached hydrogens (tertiary/aromatic N) is 13. The minimum Gasteiger partial charge on any atom is -0.378 e. The molecule has 8 aromatic rings. The lowest BCUT2D eigenvalue weighted by atomic mass is 9.84. The van der Waals surface area contributed by atoms with Gasteiger partial charge in [-0.15, -0.1) is 10.2 Å². The fourth-order valence-corrected chi connectivity index (χ4v) is 8.30. The number of halogens is 12. The van der Waals surface area contributed by atoms with Gasteiger partial charge in [-0.05, 0) is 109 Å². The molecule has 1 fully saturated rings. The molecule has 6 heterocycles. The third kappa shape index (κ3) is 11.6. The molecule has 1 aliphatic rings. The number of tetrazole rings is 2. The van der Waals surface area contributed by atoms with Gasteiger partial charge in [-0.3, -0.25) is 15.0 Å². The number of aliphatic hydroxyl groups excluding tert-OH is 1. The van der Waals surface area contributed by atoms with Crippen molar-refractivity contribution >= 4 is 27.3 Å². The molecule has 28 heteroatoms. The smallest absolute Gasteiger partial charge is 0.378 e. The topological polar surface area (TPSA) is 193 Å². The number of benzene rings is 3. The molecule has 1 saturated heterocycles. The van der Waals surface area contributed by atoms with Crippen LogP contribution in [0.25, 0.3) is 11.1 Å². The van der Waals surface area contributed by atoms with Crippen LogP contribution in [0.5, 0.6) is 0 Å².